The Morgan fingerprint density at radius 2 is 2.00 bits per heavy atom. The van der Waals surface area contributed by atoms with Gasteiger partial charge in [0, 0.05) is 25.7 Å². The van der Waals surface area contributed by atoms with Crippen molar-refractivity contribution in [2.75, 3.05) is 33.4 Å². The van der Waals surface area contributed by atoms with E-state index in [4.69, 9.17) is 10.5 Å². The van der Waals surface area contributed by atoms with Crippen molar-refractivity contribution >= 4 is 0 Å². The molecule has 3 heteroatoms. The molecule has 0 aliphatic heterocycles. The van der Waals surface area contributed by atoms with Crippen LogP contribution in [-0.2, 0) is 4.74 Å². The van der Waals surface area contributed by atoms with Gasteiger partial charge in [-0.3, -0.25) is 4.90 Å². The van der Waals surface area contributed by atoms with Gasteiger partial charge in [-0.05, 0) is 19.9 Å². The van der Waals surface area contributed by atoms with E-state index < -0.39 is 0 Å². The van der Waals surface area contributed by atoms with Crippen LogP contribution in [0.3, 0.4) is 0 Å². The van der Waals surface area contributed by atoms with E-state index >= 15 is 0 Å². The molecule has 80 valence electrons. The molecule has 3 nitrogen and oxygen atoms in total. The number of nitrogens with two attached hydrogens (primary N) is 1. The molecule has 0 fully saturated rings. The van der Waals surface area contributed by atoms with Crippen LogP contribution in [0, 0.1) is 0 Å². The lowest BCUT2D eigenvalue weighted by atomic mass is 10.00. The van der Waals surface area contributed by atoms with Crippen LogP contribution in [0.2, 0.25) is 0 Å². The minimum Gasteiger partial charge on any atom is -0.383 e. The Hall–Kier alpha value is -0.120. The minimum atomic E-state index is -0.0657. The van der Waals surface area contributed by atoms with Gasteiger partial charge in [0.2, 0.25) is 0 Å². The third-order valence-electron chi connectivity index (χ3n) is 2.45. The average Bonchev–Trinajstić information content (AvgIpc) is 2.12. The first-order valence-electron chi connectivity index (χ1n) is 5.06. The molecule has 0 rings (SSSR count). The van der Waals surface area contributed by atoms with Crippen LogP contribution >= 0.6 is 0 Å². The number of likely N-dealkylation sites (N-methyl/N-ethyl adjacent to an activating group) is 1. The summed E-state index contributed by atoms with van der Waals surface area (Å²) >= 11 is 0. The van der Waals surface area contributed by atoms with Crippen LogP contribution in [0.1, 0.15) is 27.2 Å². The predicted molar refractivity (Wildman–Crippen MR) is 56.9 cm³/mol. The third-order valence-corrected chi connectivity index (χ3v) is 2.45. The van der Waals surface area contributed by atoms with Crippen LogP contribution in [0.15, 0.2) is 0 Å². The van der Waals surface area contributed by atoms with E-state index in [0.29, 0.717) is 0 Å². The van der Waals surface area contributed by atoms with Crippen molar-refractivity contribution in [3.05, 3.63) is 0 Å². The number of nitrogens with zero attached hydrogens (tertiary/aromatic N) is 1. The number of hydrogen-bond donors (Lipinski definition) is 1. The highest BCUT2D eigenvalue weighted by Gasteiger charge is 2.18. The largest absolute Gasteiger partial charge is 0.383 e. The molecule has 0 heterocycles. The van der Waals surface area contributed by atoms with E-state index in [9.17, 15) is 0 Å². The highest BCUT2D eigenvalue weighted by molar-refractivity contribution is 4.80. The number of ether oxygens (including phenoxy) is 1. The molecule has 0 spiro atoms. The SMILES string of the molecule is CCN(CCOC)CC(C)(N)CC. The van der Waals surface area contributed by atoms with Gasteiger partial charge in [0.25, 0.3) is 0 Å². The van der Waals surface area contributed by atoms with Crippen LogP contribution in [0.25, 0.3) is 0 Å². The maximum absolute atomic E-state index is 6.08. The lowest BCUT2D eigenvalue weighted by Gasteiger charge is -2.30. The topological polar surface area (TPSA) is 38.5 Å². The second kappa shape index (κ2) is 6.35. The standard InChI is InChI=1S/C10H24N2O/c1-5-10(3,11)9-12(6-2)7-8-13-4/h5-9,11H2,1-4H3. The predicted octanol–water partition coefficient (Wildman–Crippen LogP) is 1.08. The van der Waals surface area contributed by atoms with Crippen molar-refractivity contribution in [1.82, 2.24) is 4.90 Å². The van der Waals surface area contributed by atoms with Crippen LogP contribution < -0.4 is 5.73 Å². The van der Waals surface area contributed by atoms with Gasteiger partial charge in [0.15, 0.2) is 0 Å². The first-order chi connectivity index (χ1) is 6.05. The molecule has 0 saturated heterocycles. The summed E-state index contributed by atoms with van der Waals surface area (Å²) < 4.78 is 5.04. The van der Waals surface area contributed by atoms with Crippen molar-refractivity contribution in [2.24, 2.45) is 5.73 Å². The molecule has 13 heavy (non-hydrogen) atoms. The molecule has 0 saturated carbocycles. The Kier molecular flexibility index (Phi) is 6.29. The lowest BCUT2D eigenvalue weighted by Crippen LogP contribution is -2.48. The Morgan fingerprint density at radius 1 is 1.38 bits per heavy atom. The molecule has 0 aromatic heterocycles. The molecule has 0 aliphatic carbocycles. The van der Waals surface area contributed by atoms with Gasteiger partial charge in [-0.25, -0.2) is 0 Å². The zero-order valence-electron chi connectivity index (χ0n) is 9.47. The zero-order valence-corrected chi connectivity index (χ0v) is 9.47. The van der Waals surface area contributed by atoms with E-state index in [-0.39, 0.29) is 5.54 Å². The summed E-state index contributed by atoms with van der Waals surface area (Å²) in [6.45, 7) is 10.1. The fraction of sp³-hybridized carbons (Fsp3) is 1.00. The maximum atomic E-state index is 6.08. The molecular formula is C10H24N2O. The normalized spacial score (nSPS) is 16.2. The van der Waals surface area contributed by atoms with Crippen molar-refractivity contribution in [1.29, 1.82) is 0 Å². The quantitative estimate of drug-likeness (QED) is 0.650. The highest BCUT2D eigenvalue weighted by Crippen LogP contribution is 2.07. The first-order valence-corrected chi connectivity index (χ1v) is 5.06. The summed E-state index contributed by atoms with van der Waals surface area (Å²) in [4.78, 5) is 2.33. The number of rotatable bonds is 7. The van der Waals surface area contributed by atoms with Gasteiger partial charge >= 0.3 is 0 Å². The summed E-state index contributed by atoms with van der Waals surface area (Å²) in [5, 5.41) is 0. The monoisotopic (exact) mass is 188 g/mol. The summed E-state index contributed by atoms with van der Waals surface area (Å²) in [7, 11) is 1.73. The van der Waals surface area contributed by atoms with E-state index in [2.05, 4.69) is 25.7 Å². The Bertz CT molecular complexity index is 126. The second-order valence-corrected chi connectivity index (χ2v) is 3.87. The van der Waals surface area contributed by atoms with E-state index in [0.717, 1.165) is 32.7 Å². The minimum absolute atomic E-state index is 0.0657. The summed E-state index contributed by atoms with van der Waals surface area (Å²) in [5.41, 5.74) is 6.02. The van der Waals surface area contributed by atoms with Crippen LogP contribution in [-0.4, -0.2) is 43.8 Å². The highest BCUT2D eigenvalue weighted by atomic mass is 16.5. The fourth-order valence-electron chi connectivity index (χ4n) is 1.19. The smallest absolute Gasteiger partial charge is 0.0589 e. The van der Waals surface area contributed by atoms with Crippen molar-refractivity contribution < 1.29 is 4.74 Å². The number of hydrogen-bond acceptors (Lipinski definition) is 3. The van der Waals surface area contributed by atoms with Gasteiger partial charge < -0.3 is 10.5 Å². The fourth-order valence-corrected chi connectivity index (χ4v) is 1.19. The Morgan fingerprint density at radius 3 is 2.38 bits per heavy atom. The molecule has 0 aromatic carbocycles. The van der Waals surface area contributed by atoms with Gasteiger partial charge in [-0.1, -0.05) is 13.8 Å². The van der Waals surface area contributed by atoms with Crippen molar-refractivity contribution in [2.45, 2.75) is 32.7 Å². The second-order valence-electron chi connectivity index (χ2n) is 3.87. The van der Waals surface area contributed by atoms with Crippen molar-refractivity contribution in [3.63, 3.8) is 0 Å². The maximum Gasteiger partial charge on any atom is 0.0589 e. The summed E-state index contributed by atoms with van der Waals surface area (Å²) in [5.74, 6) is 0. The molecule has 0 aliphatic rings. The molecule has 1 atom stereocenters. The number of methoxy groups -OCH3 is 1. The van der Waals surface area contributed by atoms with E-state index in [1.807, 2.05) is 0 Å². The zero-order chi connectivity index (χ0) is 10.3. The van der Waals surface area contributed by atoms with Gasteiger partial charge in [-0.15, -0.1) is 0 Å². The molecule has 2 N–H and O–H groups in total. The molecule has 0 radical (unpaired) electrons. The summed E-state index contributed by atoms with van der Waals surface area (Å²) in [6, 6.07) is 0. The van der Waals surface area contributed by atoms with Crippen LogP contribution in [0.4, 0.5) is 0 Å². The molecule has 0 bridgehead atoms. The Labute approximate surface area is 82.2 Å². The van der Waals surface area contributed by atoms with Crippen LogP contribution in [0.5, 0.6) is 0 Å². The average molecular weight is 188 g/mol. The van der Waals surface area contributed by atoms with Gasteiger partial charge in [0.05, 0.1) is 6.61 Å². The van der Waals surface area contributed by atoms with E-state index in [1.165, 1.54) is 0 Å². The summed E-state index contributed by atoms with van der Waals surface area (Å²) in [6.07, 6.45) is 1.01. The molecule has 0 aromatic rings. The first kappa shape index (κ1) is 12.9. The van der Waals surface area contributed by atoms with Crippen molar-refractivity contribution in [3.8, 4) is 0 Å². The van der Waals surface area contributed by atoms with E-state index in [1.54, 1.807) is 7.11 Å². The third kappa shape index (κ3) is 6.02. The molecular weight excluding hydrogens is 164 g/mol. The van der Waals surface area contributed by atoms with Gasteiger partial charge in [0.1, 0.15) is 0 Å². The van der Waals surface area contributed by atoms with Gasteiger partial charge in [-0.2, -0.15) is 0 Å². The molecule has 1 unspecified atom stereocenters. The Balaban J connectivity index is 3.82. The molecule has 0 amide bonds. The lowest BCUT2D eigenvalue weighted by molar-refractivity contribution is 0.135.